The van der Waals surface area contributed by atoms with Crippen LogP contribution in [0.1, 0.15) is 12.8 Å². The van der Waals surface area contributed by atoms with Gasteiger partial charge in [-0.2, -0.15) is 0 Å². The van der Waals surface area contributed by atoms with Gasteiger partial charge in [0.05, 0.1) is 11.6 Å². The van der Waals surface area contributed by atoms with Crippen molar-refractivity contribution in [2.24, 2.45) is 0 Å². The lowest BCUT2D eigenvalue weighted by Crippen LogP contribution is -2.12. The number of ether oxygens (including phenoxy) is 1. The number of amides is 1. The molecule has 0 radical (unpaired) electrons. The van der Waals surface area contributed by atoms with Gasteiger partial charge in [-0.1, -0.05) is 23.2 Å². The summed E-state index contributed by atoms with van der Waals surface area (Å²) >= 11 is 11.8. The van der Waals surface area contributed by atoms with E-state index in [0.29, 0.717) is 35.2 Å². The zero-order valence-electron chi connectivity index (χ0n) is 11.6. The van der Waals surface area contributed by atoms with E-state index in [2.05, 4.69) is 10.3 Å². The minimum absolute atomic E-state index is 0. The molecule has 1 N–H and O–H groups in total. The molecule has 0 spiro atoms. The minimum atomic E-state index is -0.0630. The van der Waals surface area contributed by atoms with Crippen LogP contribution in [-0.4, -0.2) is 17.5 Å². The van der Waals surface area contributed by atoms with Crippen LogP contribution >= 0.6 is 35.6 Å². The Morgan fingerprint density at radius 2 is 1.91 bits per heavy atom. The van der Waals surface area contributed by atoms with Crippen LogP contribution in [0.5, 0.6) is 5.75 Å². The maximum atomic E-state index is 11.7. The van der Waals surface area contributed by atoms with Gasteiger partial charge < -0.3 is 10.1 Å². The molecule has 0 aliphatic heterocycles. The van der Waals surface area contributed by atoms with Crippen LogP contribution in [0, 0.1) is 0 Å². The van der Waals surface area contributed by atoms with Crippen LogP contribution in [-0.2, 0) is 4.79 Å². The number of anilines is 1. The van der Waals surface area contributed by atoms with Gasteiger partial charge in [0.2, 0.25) is 5.91 Å². The van der Waals surface area contributed by atoms with Gasteiger partial charge in [-0.25, -0.2) is 0 Å². The fraction of sp³-hybridized carbons (Fsp3) is 0.200. The summed E-state index contributed by atoms with van der Waals surface area (Å²) < 4.78 is 5.51. The second-order valence-electron chi connectivity index (χ2n) is 4.31. The molecule has 1 amide bonds. The Labute approximate surface area is 145 Å². The summed E-state index contributed by atoms with van der Waals surface area (Å²) in [4.78, 5) is 15.6. The molecule has 1 heterocycles. The zero-order chi connectivity index (χ0) is 15.1. The molecule has 0 fully saturated rings. The van der Waals surface area contributed by atoms with Crippen molar-refractivity contribution < 1.29 is 9.53 Å². The Hall–Kier alpha value is -1.49. The Balaban J connectivity index is 0.00000242. The highest BCUT2D eigenvalue weighted by Crippen LogP contribution is 2.27. The average molecular weight is 362 g/mol. The summed E-state index contributed by atoms with van der Waals surface area (Å²) in [5.74, 6) is 0.502. The maximum Gasteiger partial charge on any atom is 0.224 e. The summed E-state index contributed by atoms with van der Waals surface area (Å²) in [6.07, 6.45) is 4.21. The lowest BCUT2D eigenvalue weighted by atomic mass is 10.3. The van der Waals surface area contributed by atoms with Gasteiger partial charge in [0.15, 0.2) is 0 Å². The van der Waals surface area contributed by atoms with Gasteiger partial charge in [-0.05, 0) is 36.8 Å². The number of hydrogen-bond acceptors (Lipinski definition) is 3. The van der Waals surface area contributed by atoms with Gasteiger partial charge in [0.1, 0.15) is 5.75 Å². The number of rotatable bonds is 6. The molecule has 2 aromatic rings. The van der Waals surface area contributed by atoms with E-state index in [9.17, 15) is 4.79 Å². The number of carbonyl (C=O) groups is 1. The summed E-state index contributed by atoms with van der Waals surface area (Å²) in [6.45, 7) is 0.408. The van der Waals surface area contributed by atoms with E-state index in [1.165, 1.54) is 0 Å². The second-order valence-corrected chi connectivity index (χ2v) is 5.15. The van der Waals surface area contributed by atoms with E-state index in [4.69, 9.17) is 27.9 Å². The van der Waals surface area contributed by atoms with Crippen molar-refractivity contribution >= 4 is 47.2 Å². The Kier molecular flexibility index (Phi) is 8.02. The molecule has 7 heteroatoms. The van der Waals surface area contributed by atoms with Crippen molar-refractivity contribution in [2.75, 3.05) is 11.9 Å². The van der Waals surface area contributed by atoms with Crippen molar-refractivity contribution in [3.8, 4) is 5.75 Å². The number of halogens is 3. The quantitative estimate of drug-likeness (QED) is 0.765. The molecule has 118 valence electrons. The summed E-state index contributed by atoms with van der Waals surface area (Å²) in [6, 6.07) is 8.51. The molecule has 0 atom stereocenters. The molecule has 0 aliphatic rings. The summed E-state index contributed by atoms with van der Waals surface area (Å²) in [5.41, 5.74) is 0.733. The SMILES string of the molecule is Cl.O=C(CCCOc1ccc(Cl)cc1Cl)Nc1ccncc1. The molecule has 4 nitrogen and oxygen atoms in total. The van der Waals surface area contributed by atoms with Crippen LogP contribution in [0.2, 0.25) is 10.0 Å². The van der Waals surface area contributed by atoms with E-state index in [0.717, 1.165) is 5.69 Å². The van der Waals surface area contributed by atoms with Crippen LogP contribution in [0.3, 0.4) is 0 Å². The topological polar surface area (TPSA) is 51.2 Å². The first-order chi connectivity index (χ1) is 10.1. The molecule has 1 aromatic carbocycles. The number of nitrogens with zero attached hydrogens (tertiary/aromatic N) is 1. The van der Waals surface area contributed by atoms with Crippen molar-refractivity contribution in [1.82, 2.24) is 4.98 Å². The zero-order valence-corrected chi connectivity index (χ0v) is 13.9. The lowest BCUT2D eigenvalue weighted by molar-refractivity contribution is -0.116. The number of pyridine rings is 1. The van der Waals surface area contributed by atoms with Gasteiger partial charge in [0.25, 0.3) is 0 Å². The summed E-state index contributed by atoms with van der Waals surface area (Å²) in [7, 11) is 0. The summed E-state index contributed by atoms with van der Waals surface area (Å²) in [5, 5.41) is 3.80. The minimum Gasteiger partial charge on any atom is -0.492 e. The van der Waals surface area contributed by atoms with E-state index < -0.39 is 0 Å². The molecule has 22 heavy (non-hydrogen) atoms. The molecular weight excluding hydrogens is 347 g/mol. The number of carbonyl (C=O) groups excluding carboxylic acids is 1. The van der Waals surface area contributed by atoms with Gasteiger partial charge in [0, 0.05) is 29.5 Å². The standard InChI is InChI=1S/C15H14Cl2N2O2.ClH/c16-11-3-4-14(13(17)10-11)21-9-1-2-15(20)19-12-5-7-18-8-6-12;/h3-8,10H,1-2,9H2,(H,18,19,20);1H. The fourth-order valence-corrected chi connectivity index (χ4v) is 2.13. The second kappa shape index (κ2) is 9.51. The third kappa shape index (κ3) is 6.10. The van der Waals surface area contributed by atoms with Crippen LogP contribution in [0.25, 0.3) is 0 Å². The maximum absolute atomic E-state index is 11.7. The smallest absolute Gasteiger partial charge is 0.224 e. The molecule has 0 bridgehead atoms. The third-order valence-corrected chi connectivity index (χ3v) is 3.19. The molecule has 1 aromatic heterocycles. The fourth-order valence-electron chi connectivity index (χ4n) is 1.67. The van der Waals surface area contributed by atoms with Crippen molar-refractivity contribution in [3.05, 3.63) is 52.8 Å². The first-order valence-corrected chi connectivity index (χ1v) is 7.18. The number of hydrogen-bond donors (Lipinski definition) is 1. The van der Waals surface area contributed by atoms with Crippen molar-refractivity contribution in [2.45, 2.75) is 12.8 Å². The molecule has 0 aliphatic carbocycles. The average Bonchev–Trinajstić information content (AvgIpc) is 2.46. The molecular formula is C15H15Cl3N2O2. The highest BCUT2D eigenvalue weighted by Gasteiger charge is 2.04. The van der Waals surface area contributed by atoms with E-state index >= 15 is 0 Å². The number of nitrogens with one attached hydrogen (secondary N) is 1. The molecule has 2 rings (SSSR count). The van der Waals surface area contributed by atoms with E-state index in [1.54, 1.807) is 42.7 Å². The Bertz CT molecular complexity index is 609. The van der Waals surface area contributed by atoms with E-state index in [1.807, 2.05) is 0 Å². The number of benzene rings is 1. The Morgan fingerprint density at radius 3 is 2.59 bits per heavy atom. The normalized spacial score (nSPS) is 9.73. The third-order valence-electron chi connectivity index (χ3n) is 2.66. The van der Waals surface area contributed by atoms with E-state index in [-0.39, 0.29) is 18.3 Å². The van der Waals surface area contributed by atoms with Crippen molar-refractivity contribution in [1.29, 1.82) is 0 Å². The first-order valence-electron chi connectivity index (χ1n) is 6.43. The number of aromatic nitrogens is 1. The molecule has 0 saturated carbocycles. The monoisotopic (exact) mass is 360 g/mol. The van der Waals surface area contributed by atoms with Crippen molar-refractivity contribution in [3.63, 3.8) is 0 Å². The highest BCUT2D eigenvalue weighted by molar-refractivity contribution is 6.35. The predicted octanol–water partition coefficient (Wildman–Crippen LogP) is 4.61. The van der Waals surface area contributed by atoms with Crippen LogP contribution < -0.4 is 10.1 Å². The molecule has 0 saturated heterocycles. The van der Waals surface area contributed by atoms with Crippen LogP contribution in [0.15, 0.2) is 42.7 Å². The molecule has 0 unspecified atom stereocenters. The Morgan fingerprint density at radius 1 is 1.18 bits per heavy atom. The highest BCUT2D eigenvalue weighted by atomic mass is 35.5. The van der Waals surface area contributed by atoms with Gasteiger partial charge >= 0.3 is 0 Å². The predicted molar refractivity (Wildman–Crippen MR) is 91.3 cm³/mol. The largest absolute Gasteiger partial charge is 0.492 e. The van der Waals surface area contributed by atoms with Gasteiger partial charge in [-0.15, -0.1) is 12.4 Å². The lowest BCUT2D eigenvalue weighted by Gasteiger charge is -2.08. The first kappa shape index (κ1) is 18.6. The van der Waals surface area contributed by atoms with Gasteiger partial charge in [-0.3, -0.25) is 9.78 Å². The van der Waals surface area contributed by atoms with Crippen LogP contribution in [0.4, 0.5) is 5.69 Å².